The SMILES string of the molecule is N[C@@H](CCO)c1ccc(Cl)c(I)c1. The molecule has 0 amide bonds. The Morgan fingerprint density at radius 3 is 2.77 bits per heavy atom. The molecular formula is C9H11ClINO. The second-order valence-corrected chi connectivity index (χ2v) is 4.36. The van der Waals surface area contributed by atoms with Crippen LogP contribution in [0.25, 0.3) is 0 Å². The van der Waals surface area contributed by atoms with Gasteiger partial charge in [0.25, 0.3) is 0 Å². The van der Waals surface area contributed by atoms with Crippen LogP contribution in [0.15, 0.2) is 18.2 Å². The lowest BCUT2D eigenvalue weighted by atomic mass is 10.1. The van der Waals surface area contributed by atoms with E-state index in [0.717, 1.165) is 14.2 Å². The van der Waals surface area contributed by atoms with Gasteiger partial charge in [-0.05, 0) is 46.7 Å². The second-order valence-electron chi connectivity index (χ2n) is 2.79. The van der Waals surface area contributed by atoms with E-state index in [4.69, 9.17) is 22.4 Å². The molecule has 0 aromatic heterocycles. The summed E-state index contributed by atoms with van der Waals surface area (Å²) in [5.41, 5.74) is 6.83. The van der Waals surface area contributed by atoms with Crippen molar-refractivity contribution in [1.82, 2.24) is 0 Å². The lowest BCUT2D eigenvalue weighted by Crippen LogP contribution is -2.11. The van der Waals surface area contributed by atoms with E-state index in [0.29, 0.717) is 6.42 Å². The summed E-state index contributed by atoms with van der Waals surface area (Å²) in [6, 6.07) is 5.57. The third-order valence-electron chi connectivity index (χ3n) is 1.81. The van der Waals surface area contributed by atoms with Crippen LogP contribution in [0, 0.1) is 3.57 Å². The highest BCUT2D eigenvalue weighted by Gasteiger charge is 2.06. The normalized spacial score (nSPS) is 12.9. The van der Waals surface area contributed by atoms with Crippen molar-refractivity contribution in [2.24, 2.45) is 5.73 Å². The van der Waals surface area contributed by atoms with Gasteiger partial charge in [0.15, 0.2) is 0 Å². The van der Waals surface area contributed by atoms with Crippen molar-refractivity contribution in [2.45, 2.75) is 12.5 Å². The zero-order valence-corrected chi connectivity index (χ0v) is 9.92. The number of hydrogen-bond donors (Lipinski definition) is 2. The fourth-order valence-corrected chi connectivity index (χ4v) is 1.71. The molecule has 0 radical (unpaired) electrons. The molecule has 0 fully saturated rings. The fourth-order valence-electron chi connectivity index (χ4n) is 1.05. The summed E-state index contributed by atoms with van der Waals surface area (Å²) in [5, 5.41) is 9.45. The van der Waals surface area contributed by atoms with Crippen molar-refractivity contribution in [1.29, 1.82) is 0 Å². The minimum atomic E-state index is -0.101. The lowest BCUT2D eigenvalue weighted by molar-refractivity contribution is 0.276. The minimum Gasteiger partial charge on any atom is -0.396 e. The molecule has 0 unspecified atom stereocenters. The second kappa shape index (κ2) is 5.14. The zero-order valence-electron chi connectivity index (χ0n) is 7.00. The molecule has 0 bridgehead atoms. The summed E-state index contributed by atoms with van der Waals surface area (Å²) in [7, 11) is 0. The quantitative estimate of drug-likeness (QED) is 0.842. The predicted molar refractivity (Wildman–Crippen MR) is 62.8 cm³/mol. The first kappa shape index (κ1) is 11.2. The standard InChI is InChI=1S/C9H11ClINO/c10-7-2-1-6(5-8(7)11)9(12)3-4-13/h1-2,5,9,13H,3-4,12H2/t9-/m0/s1. The molecule has 0 saturated carbocycles. The molecule has 1 aromatic carbocycles. The van der Waals surface area contributed by atoms with E-state index >= 15 is 0 Å². The minimum absolute atomic E-state index is 0.101. The fraction of sp³-hybridized carbons (Fsp3) is 0.333. The molecule has 13 heavy (non-hydrogen) atoms. The molecule has 0 aliphatic rings. The summed E-state index contributed by atoms with van der Waals surface area (Å²) < 4.78 is 0.991. The first-order valence-electron chi connectivity index (χ1n) is 3.96. The molecule has 1 atom stereocenters. The van der Waals surface area contributed by atoms with Gasteiger partial charge in [-0.25, -0.2) is 0 Å². The summed E-state index contributed by atoms with van der Waals surface area (Å²) >= 11 is 8.03. The first-order valence-corrected chi connectivity index (χ1v) is 5.42. The summed E-state index contributed by atoms with van der Waals surface area (Å²) in [5.74, 6) is 0. The van der Waals surface area contributed by atoms with E-state index in [-0.39, 0.29) is 12.6 Å². The van der Waals surface area contributed by atoms with Crippen LogP contribution in [-0.2, 0) is 0 Å². The van der Waals surface area contributed by atoms with Crippen LogP contribution in [0.1, 0.15) is 18.0 Å². The lowest BCUT2D eigenvalue weighted by Gasteiger charge is -2.10. The van der Waals surface area contributed by atoms with E-state index in [1.807, 2.05) is 18.2 Å². The maximum atomic E-state index is 8.71. The van der Waals surface area contributed by atoms with Gasteiger partial charge in [0.05, 0.1) is 5.02 Å². The summed E-state index contributed by atoms with van der Waals surface area (Å²) in [6.45, 7) is 0.111. The van der Waals surface area contributed by atoms with Gasteiger partial charge in [0.2, 0.25) is 0 Å². The van der Waals surface area contributed by atoms with Crippen molar-refractivity contribution in [3.8, 4) is 0 Å². The van der Waals surface area contributed by atoms with Crippen LogP contribution in [0.3, 0.4) is 0 Å². The summed E-state index contributed by atoms with van der Waals surface area (Å²) in [6.07, 6.45) is 0.581. The van der Waals surface area contributed by atoms with Gasteiger partial charge in [-0.1, -0.05) is 17.7 Å². The molecule has 0 heterocycles. The van der Waals surface area contributed by atoms with Gasteiger partial charge in [0.1, 0.15) is 0 Å². The van der Waals surface area contributed by atoms with E-state index < -0.39 is 0 Å². The number of aliphatic hydroxyl groups is 1. The highest BCUT2D eigenvalue weighted by atomic mass is 127. The Hall–Kier alpha value is 0.160. The third kappa shape index (κ3) is 3.09. The third-order valence-corrected chi connectivity index (χ3v) is 3.35. The van der Waals surface area contributed by atoms with Crippen molar-refractivity contribution in [3.63, 3.8) is 0 Å². The summed E-state index contributed by atoms with van der Waals surface area (Å²) in [4.78, 5) is 0. The molecular weight excluding hydrogens is 300 g/mol. The molecule has 72 valence electrons. The Morgan fingerprint density at radius 1 is 1.54 bits per heavy atom. The monoisotopic (exact) mass is 311 g/mol. The molecule has 3 N–H and O–H groups in total. The number of halogens is 2. The molecule has 0 spiro atoms. The van der Waals surface area contributed by atoms with Gasteiger partial charge in [0, 0.05) is 16.2 Å². The van der Waals surface area contributed by atoms with Crippen LogP contribution < -0.4 is 5.73 Å². The Labute approximate surface area is 96.2 Å². The van der Waals surface area contributed by atoms with Crippen LogP contribution in [0.4, 0.5) is 0 Å². The molecule has 1 aromatic rings. The number of nitrogens with two attached hydrogens (primary N) is 1. The molecule has 0 saturated heterocycles. The van der Waals surface area contributed by atoms with E-state index in [9.17, 15) is 0 Å². The highest BCUT2D eigenvalue weighted by Crippen LogP contribution is 2.23. The Balaban J connectivity index is 2.84. The van der Waals surface area contributed by atoms with E-state index in [2.05, 4.69) is 22.6 Å². The maximum absolute atomic E-state index is 8.71. The number of rotatable bonds is 3. The number of hydrogen-bond acceptors (Lipinski definition) is 2. The molecule has 2 nitrogen and oxygen atoms in total. The Kier molecular flexibility index (Phi) is 4.45. The van der Waals surface area contributed by atoms with Gasteiger partial charge < -0.3 is 10.8 Å². The van der Waals surface area contributed by atoms with Crippen LogP contribution in [0.5, 0.6) is 0 Å². The predicted octanol–water partition coefficient (Wildman–Crippen LogP) is 2.33. The average Bonchev–Trinajstić information content (AvgIpc) is 2.10. The van der Waals surface area contributed by atoms with Crippen molar-refractivity contribution < 1.29 is 5.11 Å². The first-order chi connectivity index (χ1) is 6.15. The van der Waals surface area contributed by atoms with Crippen LogP contribution >= 0.6 is 34.2 Å². The van der Waals surface area contributed by atoms with Crippen molar-refractivity contribution in [3.05, 3.63) is 32.4 Å². The maximum Gasteiger partial charge on any atom is 0.0539 e. The van der Waals surface area contributed by atoms with Crippen LogP contribution in [0.2, 0.25) is 5.02 Å². The van der Waals surface area contributed by atoms with Crippen molar-refractivity contribution in [2.75, 3.05) is 6.61 Å². The Morgan fingerprint density at radius 2 is 2.23 bits per heavy atom. The average molecular weight is 312 g/mol. The van der Waals surface area contributed by atoms with Crippen molar-refractivity contribution >= 4 is 34.2 Å². The van der Waals surface area contributed by atoms with E-state index in [1.165, 1.54) is 0 Å². The molecule has 0 aliphatic heterocycles. The molecule has 1 rings (SSSR count). The van der Waals surface area contributed by atoms with Gasteiger partial charge in [-0.15, -0.1) is 0 Å². The van der Waals surface area contributed by atoms with Gasteiger partial charge in [-0.2, -0.15) is 0 Å². The number of aliphatic hydroxyl groups excluding tert-OH is 1. The van der Waals surface area contributed by atoms with Gasteiger partial charge in [-0.3, -0.25) is 0 Å². The topological polar surface area (TPSA) is 46.2 Å². The molecule has 0 aliphatic carbocycles. The smallest absolute Gasteiger partial charge is 0.0539 e. The highest BCUT2D eigenvalue weighted by molar-refractivity contribution is 14.1. The number of benzene rings is 1. The molecule has 4 heteroatoms. The van der Waals surface area contributed by atoms with E-state index in [1.54, 1.807) is 0 Å². The zero-order chi connectivity index (χ0) is 9.84. The largest absolute Gasteiger partial charge is 0.396 e. The van der Waals surface area contributed by atoms with Crippen LogP contribution in [-0.4, -0.2) is 11.7 Å². The Bertz CT molecular complexity index is 293. The van der Waals surface area contributed by atoms with Gasteiger partial charge >= 0.3 is 0 Å².